The van der Waals surface area contributed by atoms with E-state index in [0.29, 0.717) is 29.7 Å². The summed E-state index contributed by atoms with van der Waals surface area (Å²) in [6, 6.07) is 12.3. The van der Waals surface area contributed by atoms with Crippen molar-refractivity contribution in [2.45, 2.75) is 6.54 Å². The zero-order valence-corrected chi connectivity index (χ0v) is 17.1. The zero-order chi connectivity index (χ0) is 22.1. The standard InChI is InChI=1S/C20H17FN10O/c1-30-27-20(26-28-30)24-19-22-8-7-15(23-19)13-4-5-17-16(10-13)25-29-31(17)11-12-3-6-18(32-2)14(21)9-12/h3-10H,11H2,1-2H3,(H,22,23,24,27). The van der Waals surface area contributed by atoms with Gasteiger partial charge in [0.25, 0.3) is 5.95 Å². The lowest BCUT2D eigenvalue weighted by atomic mass is 10.1. The van der Waals surface area contributed by atoms with Crippen LogP contribution in [0.4, 0.5) is 16.3 Å². The van der Waals surface area contributed by atoms with Gasteiger partial charge in [-0.15, -0.1) is 10.2 Å². The SMILES string of the molecule is COc1ccc(Cn2nnc3cc(-c4ccnc(Nc5nnn(C)n5)n4)ccc32)cc1F. The average molecular weight is 432 g/mol. The highest BCUT2D eigenvalue weighted by molar-refractivity contribution is 5.80. The summed E-state index contributed by atoms with van der Waals surface area (Å²) >= 11 is 0. The first-order valence-corrected chi connectivity index (χ1v) is 9.59. The van der Waals surface area contributed by atoms with Gasteiger partial charge in [-0.2, -0.15) is 4.80 Å². The average Bonchev–Trinajstić information content (AvgIpc) is 3.39. The van der Waals surface area contributed by atoms with Gasteiger partial charge in [0.1, 0.15) is 5.52 Å². The van der Waals surface area contributed by atoms with Crippen LogP contribution < -0.4 is 10.1 Å². The van der Waals surface area contributed by atoms with Crippen molar-refractivity contribution in [3.63, 3.8) is 0 Å². The second kappa shape index (κ2) is 7.98. The Morgan fingerprint density at radius 3 is 2.72 bits per heavy atom. The maximum atomic E-state index is 14.0. The summed E-state index contributed by atoms with van der Waals surface area (Å²) in [6.07, 6.45) is 1.64. The van der Waals surface area contributed by atoms with Crippen molar-refractivity contribution in [3.8, 4) is 17.0 Å². The van der Waals surface area contributed by atoms with Crippen LogP contribution in [-0.4, -0.2) is 52.3 Å². The van der Waals surface area contributed by atoms with Crippen molar-refractivity contribution in [3.05, 3.63) is 60.0 Å². The summed E-state index contributed by atoms with van der Waals surface area (Å²) in [5, 5.41) is 23.1. The Morgan fingerprint density at radius 2 is 1.94 bits per heavy atom. The van der Waals surface area contributed by atoms with Crippen molar-refractivity contribution in [1.29, 1.82) is 0 Å². The molecule has 0 atom stereocenters. The van der Waals surface area contributed by atoms with Gasteiger partial charge >= 0.3 is 0 Å². The number of hydrogen-bond acceptors (Lipinski definition) is 9. The Kier molecular flexibility index (Phi) is 4.86. The maximum absolute atomic E-state index is 14.0. The fourth-order valence-electron chi connectivity index (χ4n) is 3.24. The Hall–Kier alpha value is -4.48. The molecule has 5 rings (SSSR count). The second-order valence-corrected chi connectivity index (χ2v) is 6.91. The molecule has 1 N–H and O–H groups in total. The zero-order valence-electron chi connectivity index (χ0n) is 17.1. The highest BCUT2D eigenvalue weighted by Crippen LogP contribution is 2.24. The predicted molar refractivity (Wildman–Crippen MR) is 113 cm³/mol. The number of aryl methyl sites for hydroxylation is 1. The van der Waals surface area contributed by atoms with E-state index in [2.05, 4.69) is 41.0 Å². The molecule has 0 saturated heterocycles. The number of rotatable bonds is 6. The van der Waals surface area contributed by atoms with E-state index in [1.54, 1.807) is 36.1 Å². The number of halogens is 1. The number of ether oxygens (including phenoxy) is 1. The quantitative estimate of drug-likeness (QED) is 0.431. The van der Waals surface area contributed by atoms with Gasteiger partial charge < -0.3 is 4.74 Å². The molecule has 32 heavy (non-hydrogen) atoms. The monoisotopic (exact) mass is 432 g/mol. The number of fused-ring (bicyclic) bond motifs is 1. The van der Waals surface area contributed by atoms with Crippen LogP contribution in [0.1, 0.15) is 5.56 Å². The minimum atomic E-state index is -0.415. The molecule has 12 heteroatoms. The highest BCUT2D eigenvalue weighted by Gasteiger charge is 2.11. The minimum absolute atomic E-state index is 0.204. The van der Waals surface area contributed by atoms with Crippen LogP contribution >= 0.6 is 0 Å². The smallest absolute Gasteiger partial charge is 0.270 e. The molecule has 0 aliphatic rings. The van der Waals surface area contributed by atoms with Gasteiger partial charge in [-0.1, -0.05) is 22.4 Å². The highest BCUT2D eigenvalue weighted by atomic mass is 19.1. The summed E-state index contributed by atoms with van der Waals surface area (Å²) < 4.78 is 20.7. The van der Waals surface area contributed by atoms with Crippen LogP contribution in [0.25, 0.3) is 22.3 Å². The van der Waals surface area contributed by atoms with Gasteiger partial charge in [0, 0.05) is 11.8 Å². The van der Waals surface area contributed by atoms with Crippen molar-refractivity contribution in [1.82, 2.24) is 45.2 Å². The molecule has 3 heterocycles. The van der Waals surface area contributed by atoms with Gasteiger partial charge in [-0.25, -0.2) is 19.0 Å². The Labute approximate surface area is 180 Å². The number of tetrazole rings is 1. The first-order valence-electron chi connectivity index (χ1n) is 9.59. The minimum Gasteiger partial charge on any atom is -0.494 e. The number of anilines is 2. The van der Waals surface area contributed by atoms with Crippen LogP contribution in [-0.2, 0) is 13.6 Å². The van der Waals surface area contributed by atoms with E-state index in [1.165, 1.54) is 18.0 Å². The molecule has 0 spiro atoms. The Morgan fingerprint density at radius 1 is 1.03 bits per heavy atom. The Balaban J connectivity index is 1.40. The molecule has 0 saturated carbocycles. The first-order chi connectivity index (χ1) is 15.6. The van der Waals surface area contributed by atoms with Crippen molar-refractivity contribution in [2.75, 3.05) is 12.4 Å². The number of nitrogens with zero attached hydrogens (tertiary/aromatic N) is 9. The van der Waals surface area contributed by atoms with Crippen LogP contribution in [0.2, 0.25) is 0 Å². The molecule has 5 aromatic rings. The van der Waals surface area contributed by atoms with E-state index >= 15 is 0 Å². The molecule has 11 nitrogen and oxygen atoms in total. The van der Waals surface area contributed by atoms with E-state index in [1.807, 2.05) is 18.2 Å². The van der Waals surface area contributed by atoms with Gasteiger partial charge in [-0.05, 0) is 41.1 Å². The van der Waals surface area contributed by atoms with Crippen molar-refractivity contribution >= 4 is 22.9 Å². The lowest BCUT2D eigenvalue weighted by molar-refractivity contribution is 0.386. The number of hydrogen-bond donors (Lipinski definition) is 1. The number of aromatic nitrogens is 9. The molecule has 2 aromatic carbocycles. The summed E-state index contributed by atoms with van der Waals surface area (Å²) in [5.41, 5.74) is 3.81. The van der Waals surface area contributed by atoms with E-state index < -0.39 is 5.82 Å². The molecule has 0 radical (unpaired) electrons. The van der Waals surface area contributed by atoms with Crippen LogP contribution in [0.3, 0.4) is 0 Å². The van der Waals surface area contributed by atoms with Gasteiger partial charge in [0.15, 0.2) is 11.6 Å². The molecule has 0 aliphatic carbocycles. The van der Waals surface area contributed by atoms with Crippen LogP contribution in [0, 0.1) is 5.82 Å². The summed E-state index contributed by atoms with van der Waals surface area (Å²) in [5.74, 6) is 0.441. The van der Waals surface area contributed by atoms with Crippen molar-refractivity contribution < 1.29 is 9.13 Å². The summed E-state index contributed by atoms with van der Waals surface area (Å²) in [6.45, 7) is 0.378. The van der Waals surface area contributed by atoms with Gasteiger partial charge in [0.2, 0.25) is 5.95 Å². The summed E-state index contributed by atoms with van der Waals surface area (Å²) in [4.78, 5) is 10.0. The van der Waals surface area contributed by atoms with E-state index in [-0.39, 0.29) is 5.75 Å². The first kappa shape index (κ1) is 19.5. The molecule has 0 amide bonds. The molecule has 0 aliphatic heterocycles. The molecular weight excluding hydrogens is 415 g/mol. The third-order valence-electron chi connectivity index (χ3n) is 4.75. The molecule has 0 bridgehead atoms. The van der Waals surface area contributed by atoms with Crippen molar-refractivity contribution in [2.24, 2.45) is 7.05 Å². The second-order valence-electron chi connectivity index (χ2n) is 6.91. The van der Waals surface area contributed by atoms with Crippen LogP contribution in [0.15, 0.2) is 48.7 Å². The van der Waals surface area contributed by atoms with Crippen LogP contribution in [0.5, 0.6) is 5.75 Å². The fraction of sp³-hybridized carbons (Fsp3) is 0.150. The number of nitrogens with one attached hydrogen (secondary N) is 1. The number of benzene rings is 2. The normalized spacial score (nSPS) is 11.1. The lowest BCUT2D eigenvalue weighted by Crippen LogP contribution is -2.02. The molecule has 160 valence electrons. The third-order valence-corrected chi connectivity index (χ3v) is 4.75. The fourth-order valence-corrected chi connectivity index (χ4v) is 3.24. The predicted octanol–water partition coefficient (Wildman–Crippen LogP) is 2.35. The Bertz CT molecular complexity index is 1410. The molecule has 0 fully saturated rings. The lowest BCUT2D eigenvalue weighted by Gasteiger charge is -2.07. The van der Waals surface area contributed by atoms with Gasteiger partial charge in [0.05, 0.1) is 31.9 Å². The largest absolute Gasteiger partial charge is 0.494 e. The van der Waals surface area contributed by atoms with E-state index in [9.17, 15) is 4.39 Å². The molecule has 0 unspecified atom stereocenters. The number of methoxy groups -OCH3 is 1. The van der Waals surface area contributed by atoms with Gasteiger partial charge in [-0.3, -0.25) is 5.32 Å². The molecular formula is C20H17FN10O. The summed E-state index contributed by atoms with van der Waals surface area (Å²) in [7, 11) is 3.10. The maximum Gasteiger partial charge on any atom is 0.270 e. The van der Waals surface area contributed by atoms with E-state index in [0.717, 1.165) is 16.6 Å². The molecule has 3 aromatic heterocycles. The van der Waals surface area contributed by atoms with E-state index in [4.69, 9.17) is 4.74 Å². The third kappa shape index (κ3) is 3.80. The topological polar surface area (TPSA) is 121 Å².